The Kier molecular flexibility index (Phi) is 8.46. The Bertz CT molecular complexity index is 1110. The zero-order chi connectivity index (χ0) is 27.6. The van der Waals surface area contributed by atoms with Crippen molar-refractivity contribution in [1.82, 2.24) is 15.5 Å². The highest BCUT2D eigenvalue weighted by Crippen LogP contribution is 2.49. The predicted molar refractivity (Wildman–Crippen MR) is 138 cm³/mol. The summed E-state index contributed by atoms with van der Waals surface area (Å²) in [5, 5.41) is 18.6. The average molecular weight is 550 g/mol. The first-order chi connectivity index (χ1) is 18.0. The summed E-state index contributed by atoms with van der Waals surface area (Å²) in [6.45, 7) is 4.40. The van der Waals surface area contributed by atoms with Crippen molar-refractivity contribution in [3.05, 3.63) is 29.3 Å². The molecule has 2 bridgehead atoms. The summed E-state index contributed by atoms with van der Waals surface area (Å²) in [6.07, 6.45) is 1.04. The summed E-state index contributed by atoms with van der Waals surface area (Å²) >= 11 is 6.12. The monoisotopic (exact) mass is 549 g/mol. The second-order valence-electron chi connectivity index (χ2n) is 11.0. The number of rotatable bonds is 9. The quantitative estimate of drug-likeness (QED) is 0.434. The van der Waals surface area contributed by atoms with E-state index in [2.05, 4.69) is 16.0 Å². The lowest BCUT2D eigenvalue weighted by Gasteiger charge is -2.54. The third-order valence-corrected chi connectivity index (χ3v) is 8.02. The van der Waals surface area contributed by atoms with Gasteiger partial charge in [0.25, 0.3) is 5.92 Å². The van der Waals surface area contributed by atoms with Crippen molar-refractivity contribution in [3.63, 3.8) is 0 Å². The first-order valence-corrected chi connectivity index (χ1v) is 13.6. The molecule has 3 N–H and O–H groups in total. The van der Waals surface area contributed by atoms with Crippen molar-refractivity contribution in [3.8, 4) is 6.07 Å². The van der Waals surface area contributed by atoms with E-state index >= 15 is 8.78 Å². The fourth-order valence-electron chi connectivity index (χ4n) is 6.03. The van der Waals surface area contributed by atoms with Crippen LogP contribution in [0.5, 0.6) is 0 Å². The molecule has 206 valence electrons. The minimum absolute atomic E-state index is 0.0888. The van der Waals surface area contributed by atoms with E-state index in [1.165, 1.54) is 4.90 Å². The molecule has 1 saturated carbocycles. The number of benzene rings is 1. The molecule has 1 aliphatic carbocycles. The van der Waals surface area contributed by atoms with Crippen molar-refractivity contribution in [2.75, 3.05) is 11.9 Å². The lowest BCUT2D eigenvalue weighted by Crippen LogP contribution is -2.70. The molecule has 4 fully saturated rings. The van der Waals surface area contributed by atoms with Gasteiger partial charge in [-0.15, -0.1) is 0 Å². The summed E-state index contributed by atoms with van der Waals surface area (Å²) in [5.41, 5.74) is 0.615. The normalized spacial score (nSPS) is 27.4. The van der Waals surface area contributed by atoms with Crippen LogP contribution in [0.4, 0.5) is 14.5 Å². The molecule has 8 nitrogen and oxygen atoms in total. The molecular weight excluding hydrogens is 516 g/mol. The number of fused-ring (bicyclic) bond motifs is 3. The minimum Gasteiger partial charge on any atom is -0.374 e. The maximum absolute atomic E-state index is 15.1. The molecule has 1 aromatic rings. The highest BCUT2D eigenvalue weighted by Gasteiger charge is 2.61. The van der Waals surface area contributed by atoms with E-state index in [4.69, 9.17) is 11.6 Å². The summed E-state index contributed by atoms with van der Waals surface area (Å²) < 4.78 is 30.2. The van der Waals surface area contributed by atoms with Gasteiger partial charge in [-0.3, -0.25) is 14.4 Å². The van der Waals surface area contributed by atoms with Gasteiger partial charge in [0.15, 0.2) is 0 Å². The van der Waals surface area contributed by atoms with E-state index in [0.29, 0.717) is 36.5 Å². The van der Waals surface area contributed by atoms with Gasteiger partial charge in [-0.05, 0) is 56.2 Å². The largest absolute Gasteiger partial charge is 0.374 e. The zero-order valence-corrected chi connectivity index (χ0v) is 22.3. The number of anilines is 1. The molecule has 3 saturated heterocycles. The third-order valence-electron chi connectivity index (χ3n) is 7.78. The summed E-state index contributed by atoms with van der Waals surface area (Å²) in [6, 6.07) is 4.89. The Balaban J connectivity index is 1.59. The van der Waals surface area contributed by atoms with E-state index in [1.807, 2.05) is 19.9 Å². The van der Waals surface area contributed by atoms with Crippen molar-refractivity contribution < 1.29 is 23.2 Å². The topological polar surface area (TPSA) is 114 Å². The first-order valence-electron chi connectivity index (χ1n) is 13.2. The number of carbonyl (C=O) groups is 3. The van der Waals surface area contributed by atoms with Gasteiger partial charge in [-0.1, -0.05) is 31.5 Å². The Morgan fingerprint density at radius 1 is 1.29 bits per heavy atom. The van der Waals surface area contributed by atoms with Gasteiger partial charge in [0.1, 0.15) is 18.1 Å². The molecule has 5 rings (SSSR count). The molecule has 3 aliphatic heterocycles. The maximum Gasteiger partial charge on any atom is 0.255 e. The molecule has 3 amide bonds. The second kappa shape index (κ2) is 11.4. The van der Waals surface area contributed by atoms with E-state index in [-0.39, 0.29) is 24.7 Å². The predicted octanol–water partition coefficient (Wildman–Crippen LogP) is 3.72. The fourth-order valence-corrected chi connectivity index (χ4v) is 6.22. The SMILES string of the molecule is CC(C)C[C@@H](Nc1cccc(Cl)c1)C(=O)N1[C@H]2CC[C@@H]([C@@H]1C(=O)N[C@@H](C#N)C[C@H]1CCNC1=O)C(F)(F)C2. The molecule has 1 aromatic carbocycles. The van der Waals surface area contributed by atoms with Gasteiger partial charge in [0.05, 0.1) is 12.0 Å². The zero-order valence-electron chi connectivity index (χ0n) is 21.6. The molecule has 0 radical (unpaired) electrons. The van der Waals surface area contributed by atoms with Gasteiger partial charge >= 0.3 is 0 Å². The van der Waals surface area contributed by atoms with E-state index in [9.17, 15) is 19.6 Å². The van der Waals surface area contributed by atoms with Crippen LogP contribution in [0.2, 0.25) is 5.02 Å². The Morgan fingerprint density at radius 3 is 2.66 bits per heavy atom. The first kappa shape index (κ1) is 28.1. The van der Waals surface area contributed by atoms with Gasteiger partial charge < -0.3 is 20.9 Å². The summed E-state index contributed by atoms with van der Waals surface area (Å²) in [5.74, 6) is -6.18. The fraction of sp³-hybridized carbons (Fsp3) is 0.630. The van der Waals surface area contributed by atoms with Gasteiger partial charge in [0, 0.05) is 35.6 Å². The van der Waals surface area contributed by atoms with E-state index in [1.54, 1.807) is 24.3 Å². The highest BCUT2D eigenvalue weighted by atomic mass is 35.5. The van der Waals surface area contributed by atoms with Crippen molar-refractivity contribution in [2.45, 2.75) is 82.5 Å². The van der Waals surface area contributed by atoms with Crippen LogP contribution in [0, 0.1) is 29.1 Å². The molecule has 4 aliphatic rings. The van der Waals surface area contributed by atoms with Gasteiger partial charge in [-0.2, -0.15) is 5.26 Å². The highest BCUT2D eigenvalue weighted by molar-refractivity contribution is 6.30. The van der Waals surface area contributed by atoms with E-state index in [0.717, 1.165) is 0 Å². The molecule has 38 heavy (non-hydrogen) atoms. The lowest BCUT2D eigenvalue weighted by atomic mass is 9.71. The number of nitriles is 1. The average Bonchev–Trinajstić information content (AvgIpc) is 3.25. The van der Waals surface area contributed by atoms with Crippen LogP contribution in [-0.2, 0) is 14.4 Å². The van der Waals surface area contributed by atoms with Crippen LogP contribution in [-0.4, -0.2) is 59.3 Å². The number of amides is 3. The maximum atomic E-state index is 15.1. The Labute approximate surface area is 226 Å². The molecule has 0 spiro atoms. The number of hydrogen-bond acceptors (Lipinski definition) is 5. The second-order valence-corrected chi connectivity index (χ2v) is 11.5. The molecular formula is C27H34ClF2N5O3. The minimum atomic E-state index is -3.11. The summed E-state index contributed by atoms with van der Waals surface area (Å²) in [4.78, 5) is 40.9. The number of piperidine rings is 2. The van der Waals surface area contributed by atoms with E-state index < -0.39 is 60.2 Å². The number of nitrogens with one attached hydrogen (secondary N) is 3. The van der Waals surface area contributed by atoms with Crippen LogP contribution in [0.15, 0.2) is 24.3 Å². The number of nitrogens with zero attached hydrogens (tertiary/aromatic N) is 2. The molecule has 0 unspecified atom stereocenters. The number of carbonyl (C=O) groups excluding carboxylic acids is 3. The van der Waals surface area contributed by atoms with Crippen LogP contribution in [0.1, 0.15) is 52.4 Å². The number of alkyl halides is 2. The Hall–Kier alpha value is -2.93. The van der Waals surface area contributed by atoms with Crippen molar-refractivity contribution in [2.24, 2.45) is 17.8 Å². The van der Waals surface area contributed by atoms with Crippen molar-refractivity contribution >= 4 is 35.0 Å². The number of hydrogen-bond donors (Lipinski definition) is 3. The van der Waals surface area contributed by atoms with Crippen LogP contribution < -0.4 is 16.0 Å². The molecule has 0 aromatic heterocycles. The summed E-state index contributed by atoms with van der Waals surface area (Å²) in [7, 11) is 0. The van der Waals surface area contributed by atoms with Gasteiger partial charge in [0.2, 0.25) is 17.7 Å². The van der Waals surface area contributed by atoms with Crippen LogP contribution in [0.25, 0.3) is 0 Å². The molecule has 11 heteroatoms. The molecule has 3 heterocycles. The smallest absolute Gasteiger partial charge is 0.255 e. The Morgan fingerprint density at radius 2 is 2.05 bits per heavy atom. The standard InChI is InChI=1S/C27H34ClF2N5O3/c1-15(2)10-22(33-18-5-3-4-17(28)12-18)26(38)35-20-6-7-21(27(29,30)13-20)23(35)25(37)34-19(14-31)11-16-8-9-32-24(16)36/h3-5,12,15-16,19-23,33H,6-11,13H2,1-2H3,(H,32,36)(H,34,37)/t16-,19-,20+,21+,22-,23-/m1/s1. The number of halogens is 3. The third kappa shape index (κ3) is 6.04. The van der Waals surface area contributed by atoms with Crippen LogP contribution >= 0.6 is 11.6 Å². The molecule has 6 atom stereocenters. The van der Waals surface area contributed by atoms with Crippen LogP contribution in [0.3, 0.4) is 0 Å². The lowest BCUT2D eigenvalue weighted by molar-refractivity contribution is -0.194. The van der Waals surface area contributed by atoms with Gasteiger partial charge in [-0.25, -0.2) is 8.78 Å². The van der Waals surface area contributed by atoms with Crippen molar-refractivity contribution in [1.29, 1.82) is 5.26 Å².